The van der Waals surface area contributed by atoms with E-state index in [9.17, 15) is 0 Å². The summed E-state index contributed by atoms with van der Waals surface area (Å²) in [6.45, 7) is 0. The molecular weight excluding hydrogens is 452 g/mol. The van der Waals surface area contributed by atoms with E-state index in [-0.39, 0.29) is 0 Å². The van der Waals surface area contributed by atoms with Crippen LogP contribution in [0.25, 0.3) is 54.3 Å². The first-order valence-corrected chi connectivity index (χ1v) is 11.7. The molecule has 0 saturated carbocycles. The molecule has 1 heterocycles. The molecule has 0 unspecified atom stereocenters. The van der Waals surface area contributed by atoms with E-state index in [1.165, 1.54) is 27.3 Å². The predicted molar refractivity (Wildman–Crippen MR) is 126 cm³/mol. The molecule has 0 bridgehead atoms. The minimum atomic E-state index is -4.69. The van der Waals surface area contributed by atoms with Gasteiger partial charge in [-0.25, -0.2) is 4.98 Å². The molecule has 6 nitrogen and oxygen atoms in total. The van der Waals surface area contributed by atoms with Crippen LogP contribution in [-0.4, -0.2) is 9.64 Å². The second-order valence-corrected chi connectivity index (χ2v) is 8.63. The van der Waals surface area contributed by atoms with Crippen LogP contribution in [0.1, 0.15) is 0 Å². The highest BCUT2D eigenvalue weighted by Gasteiger charge is 2.16. The van der Waals surface area contributed by atoms with Gasteiger partial charge < -0.3 is 5.73 Å². The molecule has 1 aromatic heterocycles. The van der Waals surface area contributed by atoms with Gasteiger partial charge in [-0.1, -0.05) is 91.0 Å². The number of nitrogens with two attached hydrogens (primary N) is 1. The predicted octanol–water partition coefficient (Wildman–Crippen LogP) is 2.82. The van der Waals surface area contributed by atoms with Gasteiger partial charge in [-0.2, -0.15) is 14.0 Å². The zero-order chi connectivity index (χ0) is 23.9. The molecule has 34 heavy (non-hydrogen) atoms. The molecule has 0 atom stereocenters. The van der Waals surface area contributed by atoms with Crippen molar-refractivity contribution in [2.45, 2.75) is 0 Å². The minimum Gasteiger partial charge on any atom is -0.383 e. The topological polar surface area (TPSA) is 128 Å². The average molecular weight is 471 g/mol. The molecule has 0 aliphatic heterocycles. The monoisotopic (exact) mass is 470 g/mol. The molecule has 5 aromatic carbocycles. The van der Waals surface area contributed by atoms with Crippen LogP contribution in [0.15, 0.2) is 97.1 Å². The van der Waals surface area contributed by atoms with Gasteiger partial charge in [0.15, 0.2) is 0 Å². The van der Waals surface area contributed by atoms with E-state index in [1.54, 1.807) is 0 Å². The maximum Gasteiger partial charge on any atom is 0.132 e. The number of halogens is 1. The van der Waals surface area contributed by atoms with Crippen molar-refractivity contribution in [1.29, 1.82) is 0 Å². The maximum absolute atomic E-state index is 8.60. The second kappa shape index (κ2) is 8.53. The Morgan fingerprint density at radius 2 is 1.15 bits per heavy atom. The molecule has 0 radical (unpaired) electrons. The van der Waals surface area contributed by atoms with Gasteiger partial charge in [-0.3, -0.25) is 0 Å². The van der Waals surface area contributed by atoms with Gasteiger partial charge in [0.1, 0.15) is 5.82 Å². The van der Waals surface area contributed by atoms with E-state index in [4.69, 9.17) is 29.4 Å². The first kappa shape index (κ1) is 22.0. The summed E-state index contributed by atoms with van der Waals surface area (Å²) in [4.78, 5) is 4.88. The lowest BCUT2D eigenvalue weighted by molar-refractivity contribution is -1.92. The summed E-state index contributed by atoms with van der Waals surface area (Å²) in [6.07, 6.45) is 0. The average Bonchev–Trinajstić information content (AvgIpc) is 2.82. The van der Waals surface area contributed by atoms with Crippen LogP contribution in [-0.2, 0) is 0 Å². The zero-order valence-electron chi connectivity index (χ0n) is 17.8. The fraction of sp³-hybridized carbons (Fsp3) is 0. The molecule has 7 heteroatoms. The molecule has 168 valence electrons. The molecule has 6 aromatic rings. The number of aromatic nitrogens is 1. The van der Waals surface area contributed by atoms with E-state index >= 15 is 0 Å². The standard InChI is InChI=1S/C27H18N2.ClHO4/c28-27-23-14-6-5-13-22(23)25-24(16-18-9-2-4-12-20(18)26(25)29-27)21-15-7-10-17-8-1-3-11-19(17)21;2-1(3,4)5/h1-16H,(H2,28,29);(H,2,3,4,5). The fourth-order valence-electron chi connectivity index (χ4n) is 4.50. The van der Waals surface area contributed by atoms with Crippen molar-refractivity contribution in [1.82, 2.24) is 4.98 Å². The highest BCUT2D eigenvalue weighted by molar-refractivity contribution is 6.24. The van der Waals surface area contributed by atoms with Crippen LogP contribution in [0.4, 0.5) is 5.82 Å². The molecule has 3 N–H and O–H groups in total. The van der Waals surface area contributed by atoms with E-state index in [0.29, 0.717) is 5.82 Å². The zero-order valence-corrected chi connectivity index (χ0v) is 18.6. The number of benzene rings is 5. The third-order valence-electron chi connectivity index (χ3n) is 5.81. The molecular formula is C27H19ClN2O4. The Morgan fingerprint density at radius 1 is 0.618 bits per heavy atom. The molecule has 0 saturated heterocycles. The summed E-state index contributed by atoms with van der Waals surface area (Å²) < 4.78 is 32.7. The van der Waals surface area contributed by atoms with Crippen LogP contribution in [0.3, 0.4) is 0 Å². The lowest BCUT2D eigenvalue weighted by atomic mass is 9.90. The van der Waals surface area contributed by atoms with E-state index in [1.807, 2.05) is 6.07 Å². The SMILES string of the molecule is Nc1nc2c3ccccc3cc(-c3cccc4ccccc34)c2c2ccccc12.[O-][Cl+3]([O-])([O-])O. The van der Waals surface area contributed by atoms with Crippen molar-refractivity contribution in [3.05, 3.63) is 97.1 Å². The normalized spacial score (nSPS) is 11.6. The third kappa shape index (κ3) is 4.12. The summed E-state index contributed by atoms with van der Waals surface area (Å²) >= 11 is 0. The lowest BCUT2D eigenvalue weighted by Crippen LogP contribution is -2.58. The Kier molecular flexibility index (Phi) is 5.53. The van der Waals surface area contributed by atoms with E-state index in [2.05, 4.69) is 91.0 Å². The van der Waals surface area contributed by atoms with Crippen molar-refractivity contribution in [3.63, 3.8) is 0 Å². The minimum absolute atomic E-state index is 0.577. The summed E-state index contributed by atoms with van der Waals surface area (Å²) in [5.41, 5.74) is 9.75. The quantitative estimate of drug-likeness (QED) is 0.355. The summed E-state index contributed by atoms with van der Waals surface area (Å²) in [5, 5.41) is 8.07. The van der Waals surface area contributed by atoms with Crippen molar-refractivity contribution >= 4 is 49.0 Å². The summed E-state index contributed by atoms with van der Waals surface area (Å²) in [7, 11) is -4.69. The number of nitrogen functional groups attached to an aromatic ring is 1. The Morgan fingerprint density at radius 3 is 1.85 bits per heavy atom. The van der Waals surface area contributed by atoms with E-state index < -0.39 is 10.2 Å². The van der Waals surface area contributed by atoms with Gasteiger partial charge in [-0.05, 0) is 38.7 Å². The van der Waals surface area contributed by atoms with Gasteiger partial charge >= 0.3 is 0 Å². The molecule has 0 amide bonds. The fourth-order valence-corrected chi connectivity index (χ4v) is 4.50. The highest BCUT2D eigenvalue weighted by Crippen LogP contribution is 2.41. The van der Waals surface area contributed by atoms with Gasteiger partial charge in [0.25, 0.3) is 0 Å². The van der Waals surface area contributed by atoms with Crippen molar-refractivity contribution in [2.24, 2.45) is 0 Å². The number of rotatable bonds is 1. The number of fused-ring (bicyclic) bond motifs is 6. The largest absolute Gasteiger partial charge is 0.383 e. The van der Waals surface area contributed by atoms with Gasteiger partial charge in [0.2, 0.25) is 0 Å². The Bertz CT molecular complexity index is 1670. The van der Waals surface area contributed by atoms with Gasteiger partial charge in [-0.15, -0.1) is 0 Å². The molecule has 0 aliphatic rings. The molecule has 0 spiro atoms. The number of hydrogen-bond acceptors (Lipinski definition) is 6. The van der Waals surface area contributed by atoms with Crippen LogP contribution in [0.2, 0.25) is 0 Å². The number of anilines is 1. The Hall–Kier alpha value is -3.78. The number of nitrogens with zero attached hydrogens (tertiary/aromatic N) is 1. The van der Waals surface area contributed by atoms with Crippen LogP contribution in [0, 0.1) is 10.2 Å². The van der Waals surface area contributed by atoms with Gasteiger partial charge in [0.05, 0.1) is 20.4 Å². The molecule has 0 aliphatic carbocycles. The first-order valence-electron chi connectivity index (χ1n) is 10.4. The lowest BCUT2D eigenvalue weighted by Gasteiger charge is -2.15. The highest BCUT2D eigenvalue weighted by atomic mass is 35.7. The first-order chi connectivity index (χ1) is 16.3. The maximum atomic E-state index is 8.60. The van der Waals surface area contributed by atoms with Gasteiger partial charge in [0, 0.05) is 16.2 Å². The Labute approximate surface area is 196 Å². The Balaban J connectivity index is 0.000000439. The van der Waals surface area contributed by atoms with Crippen molar-refractivity contribution in [3.8, 4) is 11.1 Å². The molecule has 0 fully saturated rings. The van der Waals surface area contributed by atoms with E-state index in [0.717, 1.165) is 27.1 Å². The molecule has 6 rings (SSSR count). The smallest absolute Gasteiger partial charge is 0.132 e. The second-order valence-electron chi connectivity index (χ2n) is 7.83. The third-order valence-corrected chi connectivity index (χ3v) is 5.81. The van der Waals surface area contributed by atoms with Crippen LogP contribution < -0.4 is 19.7 Å². The summed E-state index contributed by atoms with van der Waals surface area (Å²) in [5.74, 6) is 0.577. The van der Waals surface area contributed by atoms with Crippen molar-refractivity contribution in [2.75, 3.05) is 5.73 Å². The number of hydrogen-bond donors (Lipinski definition) is 2. The summed E-state index contributed by atoms with van der Waals surface area (Å²) in [6, 6.07) is 34.1. The van der Waals surface area contributed by atoms with Crippen molar-refractivity contribution < 1.29 is 28.9 Å². The van der Waals surface area contributed by atoms with Crippen LogP contribution in [0.5, 0.6) is 0 Å². The number of pyridine rings is 1. The van der Waals surface area contributed by atoms with Crippen LogP contribution >= 0.6 is 0 Å².